The molecule has 0 spiro atoms. The Hall–Kier alpha value is -2.59. The van der Waals surface area contributed by atoms with Crippen LogP contribution < -0.4 is 10.2 Å². The number of nitrogens with one attached hydrogen (secondary N) is 1. The lowest BCUT2D eigenvalue weighted by Crippen LogP contribution is -2.33. The number of carbonyl (C=O) groups excluding carboxylic acids is 2. The number of amides is 2. The van der Waals surface area contributed by atoms with E-state index in [9.17, 15) is 9.59 Å². The molecule has 1 N–H and O–H groups in total. The summed E-state index contributed by atoms with van der Waals surface area (Å²) in [6, 6.07) is 12.9. The summed E-state index contributed by atoms with van der Waals surface area (Å²) < 4.78 is 0. The maximum Gasteiger partial charge on any atom is 0.258 e. The number of halogens is 1. The van der Waals surface area contributed by atoms with Crippen LogP contribution in [0.3, 0.4) is 0 Å². The molecule has 26 heavy (non-hydrogen) atoms. The second-order valence-electron chi connectivity index (χ2n) is 7.06. The zero-order chi connectivity index (χ0) is 18.9. The Balaban J connectivity index is 1.80. The predicted octanol–water partition coefficient (Wildman–Crippen LogP) is 4.08. The molecule has 0 unspecified atom stereocenters. The molecule has 3 rings (SSSR count). The van der Waals surface area contributed by atoms with Crippen molar-refractivity contribution in [2.75, 3.05) is 11.4 Å². The van der Waals surface area contributed by atoms with Gasteiger partial charge >= 0.3 is 0 Å². The van der Waals surface area contributed by atoms with Gasteiger partial charge in [0.2, 0.25) is 5.91 Å². The average Bonchev–Trinajstić information content (AvgIpc) is 2.90. The lowest BCUT2D eigenvalue weighted by atomic mass is 9.87. The maximum absolute atomic E-state index is 13.0. The smallest absolute Gasteiger partial charge is 0.258 e. The highest BCUT2D eigenvalue weighted by Crippen LogP contribution is 2.42. The third-order valence-electron chi connectivity index (χ3n) is 4.63. The Bertz CT molecular complexity index is 872. The number of nitrogens with zero attached hydrogens (tertiary/aromatic N) is 1. The number of hydrogen-bond donors (Lipinski definition) is 1. The molecule has 0 fully saturated rings. The normalized spacial score (nSPS) is 14.7. The fraction of sp³-hybridized carbons (Fsp3) is 0.238. The molecular formula is C21H21ClN2O2. The molecular weight excluding hydrogens is 348 g/mol. The molecule has 0 bridgehead atoms. The lowest BCUT2D eigenvalue weighted by Gasteiger charge is -2.21. The van der Waals surface area contributed by atoms with Gasteiger partial charge in [-0.1, -0.05) is 44.2 Å². The van der Waals surface area contributed by atoms with E-state index in [1.54, 1.807) is 17.0 Å². The van der Waals surface area contributed by atoms with Crippen LogP contribution in [0.4, 0.5) is 5.69 Å². The highest BCUT2D eigenvalue weighted by atomic mass is 35.5. The second kappa shape index (κ2) is 6.96. The summed E-state index contributed by atoms with van der Waals surface area (Å²) in [4.78, 5) is 26.1. The number of anilines is 1. The molecule has 0 aromatic heterocycles. The van der Waals surface area contributed by atoms with Crippen LogP contribution in [0.15, 0.2) is 55.1 Å². The minimum atomic E-state index is -0.222. The first-order chi connectivity index (χ1) is 12.3. The van der Waals surface area contributed by atoms with E-state index in [0.29, 0.717) is 23.7 Å². The summed E-state index contributed by atoms with van der Waals surface area (Å²) in [7, 11) is 0. The van der Waals surface area contributed by atoms with E-state index in [2.05, 4.69) is 25.7 Å². The van der Waals surface area contributed by atoms with Crippen molar-refractivity contribution in [1.82, 2.24) is 5.32 Å². The zero-order valence-electron chi connectivity index (χ0n) is 14.9. The van der Waals surface area contributed by atoms with Crippen molar-refractivity contribution in [1.29, 1.82) is 0 Å². The van der Waals surface area contributed by atoms with Crippen LogP contribution in [0.2, 0.25) is 5.02 Å². The lowest BCUT2D eigenvalue weighted by molar-refractivity contribution is -0.116. The van der Waals surface area contributed by atoms with Gasteiger partial charge in [0.05, 0.1) is 0 Å². The van der Waals surface area contributed by atoms with Crippen LogP contribution in [0.25, 0.3) is 0 Å². The average molecular weight is 369 g/mol. The third-order valence-corrected chi connectivity index (χ3v) is 4.87. The Morgan fingerprint density at radius 1 is 1.23 bits per heavy atom. The molecule has 0 atom stereocenters. The van der Waals surface area contributed by atoms with Crippen LogP contribution in [0.5, 0.6) is 0 Å². The fourth-order valence-electron chi connectivity index (χ4n) is 3.21. The molecule has 5 heteroatoms. The third kappa shape index (κ3) is 3.51. The number of hydrogen-bond acceptors (Lipinski definition) is 2. The zero-order valence-corrected chi connectivity index (χ0v) is 15.6. The molecule has 1 aliphatic rings. The number of benzene rings is 2. The molecule has 134 valence electrons. The molecule has 2 aromatic rings. The van der Waals surface area contributed by atoms with Crippen molar-refractivity contribution in [3.05, 3.63) is 76.8 Å². The number of fused-ring (bicyclic) bond motifs is 1. The molecule has 0 saturated carbocycles. The van der Waals surface area contributed by atoms with Crippen LogP contribution in [-0.2, 0) is 16.8 Å². The standard InChI is InChI=1S/C21H21ClN2O2/c1-4-19(25)23-12-14-5-7-15(8-6-14)20(26)24-13-21(2,3)17-11-16(22)9-10-18(17)24/h4-11H,1,12-13H2,2-3H3,(H,23,25). The van der Waals surface area contributed by atoms with E-state index >= 15 is 0 Å². The van der Waals surface area contributed by atoms with Crippen molar-refractivity contribution < 1.29 is 9.59 Å². The van der Waals surface area contributed by atoms with Crippen LogP contribution in [0, 0.1) is 0 Å². The predicted molar refractivity (Wildman–Crippen MR) is 105 cm³/mol. The quantitative estimate of drug-likeness (QED) is 0.826. The minimum Gasteiger partial charge on any atom is -0.348 e. The second-order valence-corrected chi connectivity index (χ2v) is 7.49. The summed E-state index contributed by atoms with van der Waals surface area (Å²) in [5.74, 6) is -0.263. The fourth-order valence-corrected chi connectivity index (χ4v) is 3.39. The maximum atomic E-state index is 13.0. The molecule has 0 aliphatic carbocycles. The molecule has 2 amide bonds. The molecule has 0 saturated heterocycles. The Morgan fingerprint density at radius 3 is 2.58 bits per heavy atom. The van der Waals surface area contributed by atoms with Gasteiger partial charge in [0.15, 0.2) is 0 Å². The largest absolute Gasteiger partial charge is 0.348 e. The number of carbonyl (C=O) groups is 2. The highest BCUT2D eigenvalue weighted by Gasteiger charge is 2.38. The van der Waals surface area contributed by atoms with Gasteiger partial charge in [-0.15, -0.1) is 0 Å². The van der Waals surface area contributed by atoms with E-state index in [0.717, 1.165) is 16.8 Å². The van der Waals surface area contributed by atoms with E-state index in [-0.39, 0.29) is 17.2 Å². The summed E-state index contributed by atoms with van der Waals surface area (Å²) in [6.07, 6.45) is 1.23. The van der Waals surface area contributed by atoms with E-state index in [4.69, 9.17) is 11.6 Å². The summed E-state index contributed by atoms with van der Waals surface area (Å²) in [5, 5.41) is 3.39. The van der Waals surface area contributed by atoms with Gasteiger partial charge in [-0.25, -0.2) is 0 Å². The molecule has 1 heterocycles. The van der Waals surface area contributed by atoms with Crippen LogP contribution >= 0.6 is 11.6 Å². The molecule has 4 nitrogen and oxygen atoms in total. The topological polar surface area (TPSA) is 49.4 Å². The van der Waals surface area contributed by atoms with E-state index < -0.39 is 0 Å². The SMILES string of the molecule is C=CC(=O)NCc1ccc(C(=O)N2CC(C)(C)c3cc(Cl)ccc32)cc1. The minimum absolute atomic E-state index is 0.0409. The van der Waals surface area contributed by atoms with Gasteiger partial charge in [0.25, 0.3) is 5.91 Å². The van der Waals surface area contributed by atoms with Gasteiger partial charge in [0.1, 0.15) is 0 Å². The summed E-state index contributed by atoms with van der Waals surface area (Å²) in [6.45, 7) is 8.65. The van der Waals surface area contributed by atoms with Gasteiger partial charge < -0.3 is 10.2 Å². The van der Waals surface area contributed by atoms with Crippen molar-refractivity contribution in [3.8, 4) is 0 Å². The monoisotopic (exact) mass is 368 g/mol. The van der Waals surface area contributed by atoms with E-state index in [1.165, 1.54) is 6.08 Å². The van der Waals surface area contributed by atoms with Crippen molar-refractivity contribution in [2.45, 2.75) is 25.8 Å². The number of rotatable bonds is 4. The highest BCUT2D eigenvalue weighted by molar-refractivity contribution is 6.30. The molecule has 0 radical (unpaired) electrons. The van der Waals surface area contributed by atoms with Crippen molar-refractivity contribution in [2.24, 2.45) is 0 Å². The Kier molecular flexibility index (Phi) is 4.88. The Morgan fingerprint density at radius 2 is 1.92 bits per heavy atom. The van der Waals surface area contributed by atoms with Gasteiger partial charge in [-0.3, -0.25) is 9.59 Å². The van der Waals surface area contributed by atoms with Crippen LogP contribution in [-0.4, -0.2) is 18.4 Å². The summed E-state index contributed by atoms with van der Waals surface area (Å²) >= 11 is 6.14. The van der Waals surface area contributed by atoms with Crippen molar-refractivity contribution in [3.63, 3.8) is 0 Å². The molecule has 2 aromatic carbocycles. The van der Waals surface area contributed by atoms with Gasteiger partial charge in [-0.05, 0) is 47.5 Å². The first kappa shape index (κ1) is 18.2. The molecule has 1 aliphatic heterocycles. The van der Waals surface area contributed by atoms with Gasteiger partial charge in [0, 0.05) is 34.8 Å². The van der Waals surface area contributed by atoms with Gasteiger partial charge in [-0.2, -0.15) is 0 Å². The first-order valence-electron chi connectivity index (χ1n) is 8.43. The van der Waals surface area contributed by atoms with E-state index in [1.807, 2.05) is 30.3 Å². The Labute approximate surface area is 158 Å². The van der Waals surface area contributed by atoms with Crippen molar-refractivity contribution >= 4 is 29.1 Å². The summed E-state index contributed by atoms with van der Waals surface area (Å²) in [5.41, 5.74) is 3.38. The first-order valence-corrected chi connectivity index (χ1v) is 8.81. The van der Waals surface area contributed by atoms with Crippen LogP contribution in [0.1, 0.15) is 35.3 Å².